The molecule has 0 aromatic rings. The van der Waals surface area contributed by atoms with E-state index >= 15 is 0 Å². The van der Waals surface area contributed by atoms with Crippen LogP contribution in [0, 0.1) is 5.92 Å². The molecule has 0 heterocycles. The number of hydrogen-bond acceptors (Lipinski definition) is 3. The molecule has 0 amide bonds. The van der Waals surface area contributed by atoms with Gasteiger partial charge in [0.25, 0.3) is 0 Å². The summed E-state index contributed by atoms with van der Waals surface area (Å²) >= 11 is 0. The third-order valence-corrected chi connectivity index (χ3v) is 3.14. The molecule has 2 N–H and O–H groups in total. The van der Waals surface area contributed by atoms with E-state index in [9.17, 15) is 8.42 Å². The molecular formula is C10H24N2O2S. The summed E-state index contributed by atoms with van der Waals surface area (Å²) in [6.07, 6.45) is 2.32. The summed E-state index contributed by atoms with van der Waals surface area (Å²) in [6.45, 7) is 9.63. The fourth-order valence-corrected chi connectivity index (χ4v) is 2.39. The molecule has 1 atom stereocenters. The average molecular weight is 236 g/mol. The topological polar surface area (TPSA) is 58.2 Å². The summed E-state index contributed by atoms with van der Waals surface area (Å²) < 4.78 is 24.7. The largest absolute Gasteiger partial charge is 0.315 e. The van der Waals surface area contributed by atoms with Crippen LogP contribution < -0.4 is 10.0 Å². The smallest absolute Gasteiger partial charge is 0.209 e. The van der Waals surface area contributed by atoms with Gasteiger partial charge in [0.05, 0.1) is 6.26 Å². The second-order valence-electron chi connectivity index (χ2n) is 4.90. The van der Waals surface area contributed by atoms with Gasteiger partial charge in [0.15, 0.2) is 0 Å². The maximum absolute atomic E-state index is 11.1. The zero-order valence-corrected chi connectivity index (χ0v) is 11.2. The summed E-state index contributed by atoms with van der Waals surface area (Å²) in [5, 5.41) is 3.27. The Bertz CT molecular complexity index is 273. The van der Waals surface area contributed by atoms with Gasteiger partial charge in [-0.25, -0.2) is 13.1 Å². The Morgan fingerprint density at radius 3 is 2.27 bits per heavy atom. The van der Waals surface area contributed by atoms with Gasteiger partial charge in [0.1, 0.15) is 0 Å². The van der Waals surface area contributed by atoms with Crippen molar-refractivity contribution in [2.24, 2.45) is 5.92 Å². The molecule has 0 aliphatic rings. The van der Waals surface area contributed by atoms with Crippen molar-refractivity contribution in [3.8, 4) is 0 Å². The summed E-state index contributed by atoms with van der Waals surface area (Å²) in [5.41, 5.74) is -0.430. The van der Waals surface area contributed by atoms with Crippen LogP contribution in [0.5, 0.6) is 0 Å². The van der Waals surface area contributed by atoms with Crippen LogP contribution in [0.2, 0.25) is 0 Å². The van der Waals surface area contributed by atoms with E-state index in [0.717, 1.165) is 13.0 Å². The standard InChI is InChI=1S/C10H24N2O2S/c1-6-9(2)7-11-8-10(3,4)12-15(5,13)14/h9,11-12H,6-8H2,1-5H3. The normalized spacial score (nSPS) is 15.3. The van der Waals surface area contributed by atoms with E-state index in [2.05, 4.69) is 23.9 Å². The highest BCUT2D eigenvalue weighted by molar-refractivity contribution is 7.88. The van der Waals surface area contributed by atoms with Crippen molar-refractivity contribution in [3.63, 3.8) is 0 Å². The Kier molecular flexibility index (Phi) is 5.77. The van der Waals surface area contributed by atoms with Crippen molar-refractivity contribution in [1.82, 2.24) is 10.0 Å². The fraction of sp³-hybridized carbons (Fsp3) is 1.00. The van der Waals surface area contributed by atoms with Gasteiger partial charge in [-0.3, -0.25) is 0 Å². The lowest BCUT2D eigenvalue weighted by molar-refractivity contribution is 0.397. The minimum Gasteiger partial charge on any atom is -0.315 e. The highest BCUT2D eigenvalue weighted by atomic mass is 32.2. The Balaban J connectivity index is 3.95. The van der Waals surface area contributed by atoms with Crippen LogP contribution in [0.4, 0.5) is 0 Å². The molecule has 0 aromatic heterocycles. The van der Waals surface area contributed by atoms with Gasteiger partial charge in [-0.05, 0) is 26.3 Å². The van der Waals surface area contributed by atoms with E-state index in [1.807, 2.05) is 13.8 Å². The summed E-state index contributed by atoms with van der Waals surface area (Å²) in [4.78, 5) is 0. The van der Waals surface area contributed by atoms with Crippen molar-refractivity contribution < 1.29 is 8.42 Å². The van der Waals surface area contributed by atoms with E-state index in [1.165, 1.54) is 6.26 Å². The number of sulfonamides is 1. The van der Waals surface area contributed by atoms with Crippen molar-refractivity contribution in [2.45, 2.75) is 39.7 Å². The Hall–Kier alpha value is -0.130. The first-order valence-electron chi connectivity index (χ1n) is 5.36. The van der Waals surface area contributed by atoms with Crippen LogP contribution in [-0.4, -0.2) is 33.3 Å². The van der Waals surface area contributed by atoms with Crippen molar-refractivity contribution in [1.29, 1.82) is 0 Å². The first kappa shape index (κ1) is 14.9. The van der Waals surface area contributed by atoms with Crippen LogP contribution in [0.3, 0.4) is 0 Å². The van der Waals surface area contributed by atoms with Crippen LogP contribution in [0.1, 0.15) is 34.1 Å². The SMILES string of the molecule is CCC(C)CNCC(C)(C)NS(C)(=O)=O. The molecule has 0 radical (unpaired) electrons. The van der Waals surface area contributed by atoms with E-state index in [1.54, 1.807) is 0 Å². The monoisotopic (exact) mass is 236 g/mol. The second kappa shape index (κ2) is 5.82. The first-order chi connectivity index (χ1) is 6.66. The minimum absolute atomic E-state index is 0.430. The lowest BCUT2D eigenvalue weighted by Crippen LogP contribution is -2.50. The molecule has 5 heteroatoms. The molecule has 15 heavy (non-hydrogen) atoms. The molecule has 0 fully saturated rings. The Morgan fingerprint density at radius 1 is 1.33 bits per heavy atom. The van der Waals surface area contributed by atoms with Crippen LogP contribution >= 0.6 is 0 Å². The second-order valence-corrected chi connectivity index (χ2v) is 6.65. The van der Waals surface area contributed by atoms with Gasteiger partial charge in [0, 0.05) is 12.1 Å². The first-order valence-corrected chi connectivity index (χ1v) is 7.25. The van der Waals surface area contributed by atoms with Crippen molar-refractivity contribution >= 4 is 10.0 Å². The molecule has 4 nitrogen and oxygen atoms in total. The van der Waals surface area contributed by atoms with E-state index in [0.29, 0.717) is 12.5 Å². The minimum atomic E-state index is -3.13. The predicted octanol–water partition coefficient (Wildman–Crippen LogP) is 0.950. The maximum Gasteiger partial charge on any atom is 0.209 e. The molecule has 0 saturated carbocycles. The number of rotatable bonds is 7. The van der Waals surface area contributed by atoms with E-state index < -0.39 is 15.6 Å². The van der Waals surface area contributed by atoms with Crippen LogP contribution in [0.15, 0.2) is 0 Å². The Labute approximate surface area is 93.9 Å². The molecule has 0 aromatic carbocycles. The maximum atomic E-state index is 11.1. The van der Waals surface area contributed by atoms with Crippen LogP contribution in [-0.2, 0) is 10.0 Å². The zero-order valence-electron chi connectivity index (χ0n) is 10.4. The molecule has 0 saturated heterocycles. The number of nitrogens with one attached hydrogen (secondary N) is 2. The number of hydrogen-bond donors (Lipinski definition) is 2. The molecule has 0 bridgehead atoms. The summed E-state index contributed by atoms with van der Waals surface area (Å²) in [5.74, 6) is 0.624. The lowest BCUT2D eigenvalue weighted by atomic mass is 10.1. The average Bonchev–Trinajstić information content (AvgIpc) is 1.98. The molecule has 0 spiro atoms. The summed E-state index contributed by atoms with van der Waals surface area (Å²) in [7, 11) is -3.13. The van der Waals surface area contributed by atoms with Crippen molar-refractivity contribution in [2.75, 3.05) is 19.3 Å². The zero-order chi connectivity index (χ0) is 12.1. The molecular weight excluding hydrogens is 212 g/mol. The van der Waals surface area contributed by atoms with Gasteiger partial charge >= 0.3 is 0 Å². The third kappa shape index (κ3) is 8.84. The third-order valence-electron chi connectivity index (χ3n) is 2.22. The molecule has 0 aliphatic heterocycles. The van der Waals surface area contributed by atoms with Gasteiger partial charge in [-0.15, -0.1) is 0 Å². The lowest BCUT2D eigenvalue weighted by Gasteiger charge is -2.26. The molecule has 1 unspecified atom stereocenters. The van der Waals surface area contributed by atoms with E-state index in [-0.39, 0.29) is 0 Å². The Morgan fingerprint density at radius 2 is 1.87 bits per heavy atom. The molecule has 0 rings (SSSR count). The predicted molar refractivity (Wildman–Crippen MR) is 64.4 cm³/mol. The highest BCUT2D eigenvalue weighted by Crippen LogP contribution is 2.03. The fourth-order valence-electron chi connectivity index (χ4n) is 1.31. The van der Waals surface area contributed by atoms with Crippen molar-refractivity contribution in [3.05, 3.63) is 0 Å². The van der Waals surface area contributed by atoms with Crippen LogP contribution in [0.25, 0.3) is 0 Å². The van der Waals surface area contributed by atoms with Gasteiger partial charge in [-0.1, -0.05) is 20.3 Å². The summed E-state index contributed by atoms with van der Waals surface area (Å²) in [6, 6.07) is 0. The molecule has 0 aliphatic carbocycles. The van der Waals surface area contributed by atoms with Gasteiger partial charge < -0.3 is 5.32 Å². The molecule has 92 valence electrons. The van der Waals surface area contributed by atoms with E-state index in [4.69, 9.17) is 0 Å². The van der Waals surface area contributed by atoms with Gasteiger partial charge in [0.2, 0.25) is 10.0 Å². The quantitative estimate of drug-likeness (QED) is 0.692. The van der Waals surface area contributed by atoms with Gasteiger partial charge in [-0.2, -0.15) is 0 Å². The highest BCUT2D eigenvalue weighted by Gasteiger charge is 2.21.